The van der Waals surface area contributed by atoms with Crippen molar-refractivity contribution in [2.75, 3.05) is 0 Å². The fourth-order valence-electron chi connectivity index (χ4n) is 1.89. The minimum absolute atomic E-state index is 0.142. The molecule has 2 aromatic carbocycles. The molecular weight excluding hydrogens is 297 g/mol. The van der Waals surface area contributed by atoms with Gasteiger partial charge in [0, 0.05) is 9.79 Å². The Morgan fingerprint density at radius 2 is 1.71 bits per heavy atom. The maximum Gasteiger partial charge on any atom is 0.417 e. The van der Waals surface area contributed by atoms with Gasteiger partial charge in [-0.3, -0.25) is 0 Å². The van der Waals surface area contributed by atoms with Gasteiger partial charge in [-0.25, -0.2) is 0 Å². The molecule has 0 radical (unpaired) electrons. The normalized spacial score (nSPS) is 11.7. The molecule has 0 amide bonds. The van der Waals surface area contributed by atoms with Crippen molar-refractivity contribution < 1.29 is 18.3 Å². The van der Waals surface area contributed by atoms with Gasteiger partial charge in [-0.1, -0.05) is 23.9 Å². The van der Waals surface area contributed by atoms with Crippen LogP contribution in [-0.2, 0) is 12.8 Å². The predicted octanol–water partition coefficient (Wildman–Crippen LogP) is 4.97. The second kappa shape index (κ2) is 6.12. The Labute approximate surface area is 125 Å². The third kappa shape index (κ3) is 3.80. The topological polar surface area (TPSA) is 20.2 Å². The van der Waals surface area contributed by atoms with Crippen molar-refractivity contribution in [3.05, 3.63) is 58.7 Å². The molecule has 0 aromatic heterocycles. The van der Waals surface area contributed by atoms with Crippen LogP contribution in [0.5, 0.6) is 0 Å². The molecule has 0 aliphatic rings. The zero-order chi connectivity index (χ0) is 15.6. The molecule has 5 heteroatoms. The number of rotatable bonds is 3. The monoisotopic (exact) mass is 312 g/mol. The molecule has 1 N–H and O–H groups in total. The Bertz CT molecular complexity index is 650. The van der Waals surface area contributed by atoms with Gasteiger partial charge in [-0.2, -0.15) is 13.2 Å². The van der Waals surface area contributed by atoms with Gasteiger partial charge < -0.3 is 5.11 Å². The lowest BCUT2D eigenvalue weighted by Gasteiger charge is -2.14. The molecule has 1 nitrogen and oxygen atoms in total. The number of aryl methyl sites for hydroxylation is 2. The molecule has 0 saturated heterocycles. The molecule has 0 saturated carbocycles. The van der Waals surface area contributed by atoms with Gasteiger partial charge >= 0.3 is 6.18 Å². The molecule has 0 aliphatic heterocycles. The van der Waals surface area contributed by atoms with Crippen LogP contribution in [0.3, 0.4) is 0 Å². The van der Waals surface area contributed by atoms with Gasteiger partial charge in [-0.05, 0) is 54.8 Å². The molecule has 21 heavy (non-hydrogen) atoms. The summed E-state index contributed by atoms with van der Waals surface area (Å²) in [4.78, 5) is 0.906. The smallest absolute Gasteiger partial charge is 0.392 e. The second-order valence-corrected chi connectivity index (χ2v) is 5.95. The van der Waals surface area contributed by atoms with Crippen LogP contribution in [0.2, 0.25) is 0 Å². The highest BCUT2D eigenvalue weighted by Gasteiger charge is 2.33. The Balaban J connectivity index is 2.41. The molecule has 0 unspecified atom stereocenters. The summed E-state index contributed by atoms with van der Waals surface area (Å²) in [5, 5.41) is 9.00. The summed E-state index contributed by atoms with van der Waals surface area (Å²) in [6.07, 6.45) is -4.44. The highest BCUT2D eigenvalue weighted by molar-refractivity contribution is 7.99. The van der Waals surface area contributed by atoms with Crippen molar-refractivity contribution in [1.82, 2.24) is 0 Å². The minimum atomic E-state index is -4.44. The maximum atomic E-state index is 13.1. The van der Waals surface area contributed by atoms with Gasteiger partial charge in [0.25, 0.3) is 0 Å². The summed E-state index contributed by atoms with van der Waals surface area (Å²) in [5.74, 6) is 0. The fraction of sp³-hybridized carbons (Fsp3) is 0.250. The first-order valence-corrected chi connectivity index (χ1v) is 7.19. The largest absolute Gasteiger partial charge is 0.417 e. The number of alkyl halides is 3. The molecule has 112 valence electrons. The highest BCUT2D eigenvalue weighted by atomic mass is 32.2. The second-order valence-electron chi connectivity index (χ2n) is 4.83. The van der Waals surface area contributed by atoms with E-state index in [1.807, 2.05) is 32.0 Å². The Hall–Kier alpha value is -1.46. The molecule has 0 spiro atoms. The minimum Gasteiger partial charge on any atom is -0.392 e. The van der Waals surface area contributed by atoms with Gasteiger partial charge in [0.1, 0.15) is 0 Å². The van der Waals surface area contributed by atoms with Crippen LogP contribution in [-0.4, -0.2) is 5.11 Å². The molecule has 0 fully saturated rings. The number of benzene rings is 2. The van der Waals surface area contributed by atoms with Crippen LogP contribution in [0.4, 0.5) is 13.2 Å². The number of hydrogen-bond acceptors (Lipinski definition) is 2. The van der Waals surface area contributed by atoms with E-state index in [1.54, 1.807) is 0 Å². The van der Waals surface area contributed by atoms with Crippen molar-refractivity contribution in [2.24, 2.45) is 0 Å². The maximum absolute atomic E-state index is 13.1. The van der Waals surface area contributed by atoms with E-state index in [2.05, 4.69) is 0 Å². The van der Waals surface area contributed by atoms with E-state index in [9.17, 15) is 13.2 Å². The number of aliphatic hydroxyl groups excluding tert-OH is 1. The third-order valence-electron chi connectivity index (χ3n) is 3.24. The van der Waals surface area contributed by atoms with Crippen molar-refractivity contribution in [1.29, 1.82) is 0 Å². The van der Waals surface area contributed by atoms with E-state index >= 15 is 0 Å². The lowest BCUT2D eigenvalue weighted by atomic mass is 10.1. The highest BCUT2D eigenvalue weighted by Crippen LogP contribution is 2.40. The Kier molecular flexibility index (Phi) is 4.64. The Morgan fingerprint density at radius 1 is 1.00 bits per heavy atom. The molecule has 2 rings (SSSR count). The molecule has 0 atom stereocenters. The zero-order valence-corrected chi connectivity index (χ0v) is 12.5. The first-order valence-electron chi connectivity index (χ1n) is 6.37. The first-order chi connectivity index (χ1) is 9.81. The molecular formula is C16H15F3OS. The zero-order valence-electron chi connectivity index (χ0n) is 11.7. The number of hydrogen-bond donors (Lipinski definition) is 1. The Morgan fingerprint density at radius 3 is 2.29 bits per heavy atom. The average Bonchev–Trinajstić information content (AvgIpc) is 2.42. The van der Waals surface area contributed by atoms with Crippen LogP contribution in [0.25, 0.3) is 0 Å². The molecule has 0 aliphatic carbocycles. The summed E-state index contributed by atoms with van der Waals surface area (Å²) >= 11 is 1.08. The van der Waals surface area contributed by atoms with Crippen LogP contribution in [0, 0.1) is 13.8 Å². The van der Waals surface area contributed by atoms with Gasteiger partial charge in [0.2, 0.25) is 0 Å². The van der Waals surface area contributed by atoms with Gasteiger partial charge in [0.05, 0.1) is 12.2 Å². The quantitative estimate of drug-likeness (QED) is 0.864. The summed E-state index contributed by atoms with van der Waals surface area (Å²) < 4.78 is 39.3. The van der Waals surface area contributed by atoms with E-state index < -0.39 is 18.3 Å². The molecule has 0 bridgehead atoms. The average molecular weight is 312 g/mol. The summed E-state index contributed by atoms with van der Waals surface area (Å²) in [7, 11) is 0. The summed E-state index contributed by atoms with van der Waals surface area (Å²) in [5.41, 5.74) is 1.69. The van der Waals surface area contributed by atoms with Crippen molar-refractivity contribution in [3.63, 3.8) is 0 Å². The van der Waals surface area contributed by atoms with E-state index in [4.69, 9.17) is 5.11 Å². The van der Waals surface area contributed by atoms with Crippen LogP contribution >= 0.6 is 11.8 Å². The SMILES string of the molecule is Cc1ccc(Sc2ccc(CO)cc2C(F)(F)F)cc1C. The lowest BCUT2D eigenvalue weighted by molar-refractivity contribution is -0.139. The van der Waals surface area contributed by atoms with E-state index in [1.165, 1.54) is 12.1 Å². The summed E-state index contributed by atoms with van der Waals surface area (Å²) in [6.45, 7) is 3.48. The van der Waals surface area contributed by atoms with Gasteiger partial charge in [0.15, 0.2) is 0 Å². The van der Waals surface area contributed by atoms with Crippen molar-refractivity contribution in [2.45, 2.75) is 36.4 Å². The van der Waals surface area contributed by atoms with E-state index in [0.29, 0.717) is 0 Å². The molecule has 2 aromatic rings. The van der Waals surface area contributed by atoms with Crippen molar-refractivity contribution in [3.8, 4) is 0 Å². The van der Waals surface area contributed by atoms with E-state index in [-0.39, 0.29) is 10.5 Å². The lowest BCUT2D eigenvalue weighted by Crippen LogP contribution is -2.07. The van der Waals surface area contributed by atoms with Crippen LogP contribution in [0.1, 0.15) is 22.3 Å². The number of halogens is 3. The summed E-state index contributed by atoms with van der Waals surface area (Å²) in [6, 6.07) is 9.51. The first kappa shape index (κ1) is 15.9. The standard InChI is InChI=1S/C16H15F3OS/c1-10-3-5-13(7-11(10)2)21-15-6-4-12(9-20)8-14(15)16(17,18)19/h3-8,20H,9H2,1-2H3. The van der Waals surface area contributed by atoms with Crippen molar-refractivity contribution >= 4 is 11.8 Å². The number of aliphatic hydroxyl groups is 1. The van der Waals surface area contributed by atoms with Gasteiger partial charge in [-0.15, -0.1) is 0 Å². The fourth-order valence-corrected chi connectivity index (χ4v) is 2.94. The molecule has 0 heterocycles. The van der Waals surface area contributed by atoms with Crippen LogP contribution < -0.4 is 0 Å². The third-order valence-corrected chi connectivity index (χ3v) is 4.30. The van der Waals surface area contributed by atoms with E-state index in [0.717, 1.165) is 33.9 Å². The predicted molar refractivity (Wildman–Crippen MR) is 77.4 cm³/mol. The van der Waals surface area contributed by atoms with Crippen LogP contribution in [0.15, 0.2) is 46.2 Å².